The first-order valence-electron chi connectivity index (χ1n) is 4.89. The van der Waals surface area contributed by atoms with Gasteiger partial charge in [-0.3, -0.25) is 0 Å². The SMILES string of the molecule is C=C(/C=C\C(C)=C/C)c1ccc(Cl)cc1. The van der Waals surface area contributed by atoms with E-state index in [0.717, 1.165) is 16.2 Å². The van der Waals surface area contributed by atoms with E-state index in [4.69, 9.17) is 11.6 Å². The summed E-state index contributed by atoms with van der Waals surface area (Å²) in [4.78, 5) is 0. The normalized spacial score (nSPS) is 12.1. The van der Waals surface area contributed by atoms with Crippen LogP contribution in [0, 0.1) is 0 Å². The summed E-state index contributed by atoms with van der Waals surface area (Å²) in [6.07, 6.45) is 6.13. The Balaban J connectivity index is 2.78. The molecule has 0 amide bonds. The summed E-state index contributed by atoms with van der Waals surface area (Å²) in [5.41, 5.74) is 3.32. The maximum atomic E-state index is 5.81. The second-order valence-electron chi connectivity index (χ2n) is 3.40. The second-order valence-corrected chi connectivity index (χ2v) is 3.83. The van der Waals surface area contributed by atoms with Crippen molar-refractivity contribution in [3.63, 3.8) is 0 Å². The number of hydrogen-bond acceptors (Lipinski definition) is 0. The van der Waals surface area contributed by atoms with Gasteiger partial charge < -0.3 is 0 Å². The van der Waals surface area contributed by atoms with Gasteiger partial charge in [0.2, 0.25) is 0 Å². The lowest BCUT2D eigenvalue weighted by atomic mass is 10.1. The van der Waals surface area contributed by atoms with Crippen molar-refractivity contribution in [1.82, 2.24) is 0 Å². The van der Waals surface area contributed by atoms with Crippen LogP contribution in [0.15, 0.2) is 54.6 Å². The van der Waals surface area contributed by atoms with Gasteiger partial charge in [-0.2, -0.15) is 0 Å². The van der Waals surface area contributed by atoms with E-state index in [1.165, 1.54) is 5.57 Å². The maximum absolute atomic E-state index is 5.81. The van der Waals surface area contributed by atoms with Crippen LogP contribution in [0.25, 0.3) is 5.57 Å². The van der Waals surface area contributed by atoms with Crippen LogP contribution in [0.4, 0.5) is 0 Å². The largest absolute Gasteiger partial charge is 0.0912 e. The molecule has 0 heterocycles. The van der Waals surface area contributed by atoms with Gasteiger partial charge in [0, 0.05) is 5.02 Å². The molecule has 78 valence electrons. The van der Waals surface area contributed by atoms with Gasteiger partial charge in [-0.25, -0.2) is 0 Å². The molecule has 0 saturated carbocycles. The third-order valence-electron chi connectivity index (χ3n) is 2.22. The topological polar surface area (TPSA) is 0 Å². The van der Waals surface area contributed by atoms with Crippen LogP contribution in [0.3, 0.4) is 0 Å². The van der Waals surface area contributed by atoms with Crippen molar-refractivity contribution in [2.24, 2.45) is 0 Å². The van der Waals surface area contributed by atoms with Gasteiger partial charge in [0.15, 0.2) is 0 Å². The molecule has 0 N–H and O–H groups in total. The van der Waals surface area contributed by atoms with E-state index in [9.17, 15) is 0 Å². The third kappa shape index (κ3) is 3.77. The number of rotatable bonds is 3. The fourth-order valence-electron chi connectivity index (χ4n) is 1.09. The molecule has 0 bridgehead atoms. The van der Waals surface area contributed by atoms with Gasteiger partial charge in [-0.05, 0) is 37.1 Å². The first kappa shape index (κ1) is 11.8. The van der Waals surface area contributed by atoms with Gasteiger partial charge in [-0.15, -0.1) is 0 Å². The monoisotopic (exact) mass is 218 g/mol. The lowest BCUT2D eigenvalue weighted by Gasteiger charge is -2.00. The molecule has 0 saturated heterocycles. The Labute approximate surface area is 96.6 Å². The zero-order valence-corrected chi connectivity index (χ0v) is 9.88. The van der Waals surface area contributed by atoms with Crippen LogP contribution in [-0.4, -0.2) is 0 Å². The standard InChI is InChI=1S/C14H15Cl/c1-4-11(2)5-6-12(3)13-7-9-14(15)10-8-13/h4-10H,3H2,1-2H3/b6-5-,11-4-. The van der Waals surface area contributed by atoms with E-state index < -0.39 is 0 Å². The summed E-state index contributed by atoms with van der Waals surface area (Å²) < 4.78 is 0. The molecule has 0 spiro atoms. The fourth-order valence-corrected chi connectivity index (χ4v) is 1.21. The zero-order valence-electron chi connectivity index (χ0n) is 9.13. The van der Waals surface area contributed by atoms with Crippen LogP contribution >= 0.6 is 11.6 Å². The molecule has 1 aromatic carbocycles. The molecule has 1 aromatic rings. The van der Waals surface area contributed by atoms with E-state index >= 15 is 0 Å². The van der Waals surface area contributed by atoms with E-state index in [0.29, 0.717) is 0 Å². The Morgan fingerprint density at radius 2 is 1.80 bits per heavy atom. The summed E-state index contributed by atoms with van der Waals surface area (Å²) in [6, 6.07) is 7.69. The molecule has 1 heteroatoms. The van der Waals surface area contributed by atoms with Crippen molar-refractivity contribution >= 4 is 17.2 Å². The lowest BCUT2D eigenvalue weighted by molar-refractivity contribution is 1.48. The molecule has 0 nitrogen and oxygen atoms in total. The van der Waals surface area contributed by atoms with E-state index in [1.807, 2.05) is 37.3 Å². The minimum atomic E-state index is 0.750. The number of allylic oxidation sites excluding steroid dienone is 5. The van der Waals surface area contributed by atoms with Gasteiger partial charge in [-0.1, -0.05) is 54.1 Å². The molecular weight excluding hydrogens is 204 g/mol. The first-order chi connectivity index (χ1) is 7.13. The van der Waals surface area contributed by atoms with E-state index in [-0.39, 0.29) is 0 Å². The van der Waals surface area contributed by atoms with E-state index in [1.54, 1.807) is 0 Å². The van der Waals surface area contributed by atoms with Gasteiger partial charge in [0.05, 0.1) is 0 Å². The minimum Gasteiger partial charge on any atom is -0.0912 e. The quantitative estimate of drug-likeness (QED) is 0.635. The predicted octanol–water partition coefficient (Wildman–Crippen LogP) is 4.88. The number of halogens is 1. The number of benzene rings is 1. The van der Waals surface area contributed by atoms with Crippen LogP contribution < -0.4 is 0 Å². The average molecular weight is 219 g/mol. The molecule has 0 aliphatic rings. The Morgan fingerprint density at radius 3 is 2.33 bits per heavy atom. The highest BCUT2D eigenvalue weighted by atomic mass is 35.5. The Hall–Kier alpha value is -1.27. The van der Waals surface area contributed by atoms with Crippen molar-refractivity contribution in [2.75, 3.05) is 0 Å². The maximum Gasteiger partial charge on any atom is 0.0406 e. The Kier molecular flexibility index (Phi) is 4.38. The average Bonchev–Trinajstić information content (AvgIpc) is 2.26. The Morgan fingerprint density at radius 1 is 1.20 bits per heavy atom. The molecule has 1 rings (SSSR count). The molecule has 0 atom stereocenters. The van der Waals surface area contributed by atoms with Crippen molar-refractivity contribution in [3.05, 3.63) is 65.2 Å². The zero-order chi connectivity index (χ0) is 11.3. The second kappa shape index (κ2) is 5.57. The molecule has 0 unspecified atom stereocenters. The highest BCUT2D eigenvalue weighted by Gasteiger charge is 1.94. The molecule has 0 fully saturated rings. The molecule has 0 aliphatic heterocycles. The van der Waals surface area contributed by atoms with Crippen LogP contribution in [0.1, 0.15) is 19.4 Å². The van der Waals surface area contributed by atoms with Crippen LogP contribution in [0.5, 0.6) is 0 Å². The molecule has 0 aromatic heterocycles. The molecule has 15 heavy (non-hydrogen) atoms. The van der Waals surface area contributed by atoms with Crippen molar-refractivity contribution in [3.8, 4) is 0 Å². The van der Waals surface area contributed by atoms with E-state index in [2.05, 4.69) is 25.7 Å². The first-order valence-corrected chi connectivity index (χ1v) is 5.27. The Bertz CT molecular complexity index is 394. The van der Waals surface area contributed by atoms with Gasteiger partial charge in [0.25, 0.3) is 0 Å². The minimum absolute atomic E-state index is 0.750. The van der Waals surface area contributed by atoms with Crippen molar-refractivity contribution in [1.29, 1.82) is 0 Å². The summed E-state index contributed by atoms with van der Waals surface area (Å²) >= 11 is 5.81. The third-order valence-corrected chi connectivity index (χ3v) is 2.47. The summed E-state index contributed by atoms with van der Waals surface area (Å²) in [6.45, 7) is 8.08. The van der Waals surface area contributed by atoms with Crippen molar-refractivity contribution in [2.45, 2.75) is 13.8 Å². The van der Waals surface area contributed by atoms with Crippen LogP contribution in [0.2, 0.25) is 5.02 Å². The number of hydrogen-bond donors (Lipinski definition) is 0. The smallest absolute Gasteiger partial charge is 0.0406 e. The highest BCUT2D eigenvalue weighted by molar-refractivity contribution is 6.30. The predicted molar refractivity (Wildman–Crippen MR) is 69.1 cm³/mol. The lowest BCUT2D eigenvalue weighted by Crippen LogP contribution is -1.78. The fraction of sp³-hybridized carbons (Fsp3) is 0.143. The summed E-state index contributed by atoms with van der Waals surface area (Å²) in [7, 11) is 0. The van der Waals surface area contributed by atoms with Gasteiger partial charge >= 0.3 is 0 Å². The summed E-state index contributed by atoms with van der Waals surface area (Å²) in [5.74, 6) is 0. The molecular formula is C14H15Cl. The van der Waals surface area contributed by atoms with Crippen LogP contribution in [-0.2, 0) is 0 Å². The molecule has 0 aliphatic carbocycles. The molecule has 0 radical (unpaired) electrons. The summed E-state index contributed by atoms with van der Waals surface area (Å²) in [5, 5.41) is 0.750. The van der Waals surface area contributed by atoms with Gasteiger partial charge in [0.1, 0.15) is 0 Å². The van der Waals surface area contributed by atoms with Crippen molar-refractivity contribution < 1.29 is 0 Å². The highest BCUT2D eigenvalue weighted by Crippen LogP contribution is 2.17.